The Hall–Kier alpha value is -1.29. The van der Waals surface area contributed by atoms with E-state index in [1.54, 1.807) is 11.4 Å². The Kier molecular flexibility index (Phi) is 5.88. The Balaban J connectivity index is 1.62. The minimum absolute atomic E-state index is 0.0697. The predicted molar refractivity (Wildman–Crippen MR) is 95.8 cm³/mol. The summed E-state index contributed by atoms with van der Waals surface area (Å²) in [5.74, 6) is 1.67. The first kappa shape index (κ1) is 18.5. The fourth-order valence-corrected chi connectivity index (χ4v) is 4.75. The fraction of sp³-hybridized carbons (Fsp3) is 0.750. The maximum absolute atomic E-state index is 12.3. The normalized spacial score (nSPS) is 24.2. The second kappa shape index (κ2) is 7.94. The molecular formula is C16H27N5O3S. The SMILES string of the molecule is COCc1nc(NCCS(=O)(=O)N2CCCC2)cc(C2CC(N)C2)n1. The van der Waals surface area contributed by atoms with Crippen molar-refractivity contribution in [3.63, 3.8) is 0 Å². The van der Waals surface area contributed by atoms with Crippen LogP contribution in [0.3, 0.4) is 0 Å². The van der Waals surface area contributed by atoms with Crippen molar-refractivity contribution in [2.24, 2.45) is 5.73 Å². The third-order valence-corrected chi connectivity index (χ3v) is 6.66. The molecule has 1 saturated carbocycles. The fourth-order valence-electron chi connectivity index (χ4n) is 3.32. The standard InChI is InChI=1S/C16H27N5O3S/c1-24-11-16-19-14(12-8-13(17)9-12)10-15(20-16)18-4-7-25(22,23)21-5-2-3-6-21/h10,12-13H,2-9,11,17H2,1H3,(H,18,19,20). The van der Waals surface area contributed by atoms with Crippen molar-refractivity contribution in [3.05, 3.63) is 17.6 Å². The molecule has 0 atom stereocenters. The second-order valence-electron chi connectivity index (χ2n) is 6.80. The molecule has 3 N–H and O–H groups in total. The average molecular weight is 369 g/mol. The molecule has 2 heterocycles. The predicted octanol–water partition coefficient (Wildman–Crippen LogP) is 0.665. The molecule has 9 heteroatoms. The minimum Gasteiger partial charge on any atom is -0.377 e. The third kappa shape index (κ3) is 4.66. The summed E-state index contributed by atoms with van der Waals surface area (Å²) in [6, 6.07) is 2.14. The zero-order valence-corrected chi connectivity index (χ0v) is 15.5. The number of nitrogens with one attached hydrogen (secondary N) is 1. The number of hydrogen-bond donors (Lipinski definition) is 2. The van der Waals surface area contributed by atoms with Gasteiger partial charge in [-0.05, 0) is 25.7 Å². The zero-order chi connectivity index (χ0) is 17.9. The van der Waals surface area contributed by atoms with E-state index in [9.17, 15) is 8.42 Å². The summed E-state index contributed by atoms with van der Waals surface area (Å²) < 4.78 is 31.3. The molecule has 0 radical (unpaired) electrons. The van der Waals surface area contributed by atoms with Crippen molar-refractivity contribution in [1.82, 2.24) is 14.3 Å². The van der Waals surface area contributed by atoms with Gasteiger partial charge in [0.2, 0.25) is 10.0 Å². The number of ether oxygens (including phenoxy) is 1. The van der Waals surface area contributed by atoms with Crippen molar-refractivity contribution in [3.8, 4) is 0 Å². The number of hydrogen-bond acceptors (Lipinski definition) is 7. The summed E-state index contributed by atoms with van der Waals surface area (Å²) in [6.45, 7) is 1.93. The molecule has 140 valence electrons. The largest absolute Gasteiger partial charge is 0.377 e. The highest BCUT2D eigenvalue weighted by Gasteiger charge is 2.29. The van der Waals surface area contributed by atoms with Crippen molar-refractivity contribution >= 4 is 15.8 Å². The number of nitrogens with two attached hydrogens (primary N) is 1. The lowest BCUT2D eigenvalue weighted by molar-refractivity contribution is 0.177. The van der Waals surface area contributed by atoms with Gasteiger partial charge in [0.15, 0.2) is 5.82 Å². The molecule has 1 aromatic heterocycles. The Labute approximate surface area is 149 Å². The average Bonchev–Trinajstić information content (AvgIpc) is 3.07. The molecule has 0 bridgehead atoms. The molecule has 2 aliphatic rings. The molecule has 25 heavy (non-hydrogen) atoms. The molecule has 1 aromatic rings. The van der Waals surface area contributed by atoms with Crippen LogP contribution in [0.15, 0.2) is 6.07 Å². The zero-order valence-electron chi connectivity index (χ0n) is 14.6. The highest BCUT2D eigenvalue weighted by molar-refractivity contribution is 7.89. The van der Waals surface area contributed by atoms with Crippen LogP contribution in [-0.4, -0.2) is 61.2 Å². The van der Waals surface area contributed by atoms with E-state index in [0.29, 0.717) is 43.8 Å². The summed E-state index contributed by atoms with van der Waals surface area (Å²) in [5.41, 5.74) is 6.83. The Morgan fingerprint density at radius 3 is 2.68 bits per heavy atom. The van der Waals surface area contributed by atoms with Crippen LogP contribution in [0.4, 0.5) is 5.82 Å². The van der Waals surface area contributed by atoms with Gasteiger partial charge < -0.3 is 15.8 Å². The second-order valence-corrected chi connectivity index (χ2v) is 8.89. The number of methoxy groups -OCH3 is 1. The lowest BCUT2D eigenvalue weighted by atomic mass is 9.78. The number of aromatic nitrogens is 2. The molecule has 0 unspecified atom stereocenters. The minimum atomic E-state index is -3.19. The van der Waals surface area contributed by atoms with Crippen molar-refractivity contribution < 1.29 is 13.2 Å². The van der Waals surface area contributed by atoms with E-state index in [2.05, 4.69) is 15.3 Å². The van der Waals surface area contributed by atoms with Crippen molar-refractivity contribution in [2.75, 3.05) is 37.8 Å². The Morgan fingerprint density at radius 2 is 2.04 bits per heavy atom. The molecule has 1 aliphatic carbocycles. The molecule has 0 amide bonds. The van der Waals surface area contributed by atoms with Crippen LogP contribution in [0.5, 0.6) is 0 Å². The van der Waals surface area contributed by atoms with E-state index in [-0.39, 0.29) is 11.8 Å². The van der Waals surface area contributed by atoms with Crippen molar-refractivity contribution in [2.45, 2.75) is 44.2 Å². The molecule has 2 fully saturated rings. The van der Waals surface area contributed by atoms with E-state index in [4.69, 9.17) is 10.5 Å². The van der Waals surface area contributed by atoms with Crippen LogP contribution < -0.4 is 11.1 Å². The van der Waals surface area contributed by atoms with Crippen LogP contribution in [0, 0.1) is 0 Å². The lowest BCUT2D eigenvalue weighted by Gasteiger charge is -2.32. The van der Waals surface area contributed by atoms with Gasteiger partial charge in [-0.2, -0.15) is 0 Å². The Morgan fingerprint density at radius 1 is 1.32 bits per heavy atom. The highest BCUT2D eigenvalue weighted by atomic mass is 32.2. The Bertz CT molecular complexity index is 685. The summed E-state index contributed by atoms with van der Waals surface area (Å²) in [5, 5.41) is 3.13. The first-order valence-electron chi connectivity index (χ1n) is 8.82. The lowest BCUT2D eigenvalue weighted by Crippen LogP contribution is -2.35. The molecule has 0 aromatic carbocycles. The summed E-state index contributed by atoms with van der Waals surface area (Å²) in [6.07, 6.45) is 3.75. The maximum Gasteiger partial charge on any atom is 0.215 e. The first-order chi connectivity index (χ1) is 12.0. The number of nitrogens with zero attached hydrogens (tertiary/aromatic N) is 3. The van der Waals surface area contributed by atoms with E-state index in [1.165, 1.54) is 0 Å². The van der Waals surface area contributed by atoms with Crippen LogP contribution in [0.2, 0.25) is 0 Å². The third-order valence-electron chi connectivity index (χ3n) is 4.78. The van der Waals surface area contributed by atoms with Gasteiger partial charge in [0, 0.05) is 50.5 Å². The van der Waals surface area contributed by atoms with Gasteiger partial charge in [-0.1, -0.05) is 0 Å². The van der Waals surface area contributed by atoms with Crippen LogP contribution in [0.1, 0.15) is 43.1 Å². The smallest absolute Gasteiger partial charge is 0.215 e. The number of rotatable bonds is 8. The molecule has 8 nitrogen and oxygen atoms in total. The topological polar surface area (TPSA) is 110 Å². The maximum atomic E-state index is 12.3. The summed E-state index contributed by atoms with van der Waals surface area (Å²) >= 11 is 0. The molecule has 0 spiro atoms. The molecule has 3 rings (SSSR count). The van der Waals surface area contributed by atoms with Gasteiger partial charge in [0.05, 0.1) is 5.75 Å². The van der Waals surface area contributed by atoms with Gasteiger partial charge >= 0.3 is 0 Å². The van der Waals surface area contributed by atoms with Gasteiger partial charge in [0.1, 0.15) is 12.4 Å². The number of sulfonamides is 1. The van der Waals surface area contributed by atoms with E-state index < -0.39 is 10.0 Å². The molecule has 1 saturated heterocycles. The van der Waals surface area contributed by atoms with Gasteiger partial charge in [-0.15, -0.1) is 0 Å². The number of anilines is 1. The molecular weight excluding hydrogens is 342 g/mol. The van der Waals surface area contributed by atoms with Gasteiger partial charge in [-0.25, -0.2) is 22.7 Å². The van der Waals surface area contributed by atoms with Crippen LogP contribution in [-0.2, 0) is 21.4 Å². The van der Waals surface area contributed by atoms with E-state index >= 15 is 0 Å². The van der Waals surface area contributed by atoms with E-state index in [1.807, 2.05) is 6.07 Å². The molecule has 1 aliphatic heterocycles. The quantitative estimate of drug-likeness (QED) is 0.693. The summed E-state index contributed by atoms with van der Waals surface area (Å²) in [7, 11) is -1.59. The monoisotopic (exact) mass is 369 g/mol. The van der Waals surface area contributed by atoms with Crippen LogP contribution in [0.25, 0.3) is 0 Å². The van der Waals surface area contributed by atoms with Gasteiger partial charge in [0.25, 0.3) is 0 Å². The highest BCUT2D eigenvalue weighted by Crippen LogP contribution is 2.35. The van der Waals surface area contributed by atoms with Crippen molar-refractivity contribution in [1.29, 1.82) is 0 Å². The van der Waals surface area contributed by atoms with Gasteiger partial charge in [-0.3, -0.25) is 0 Å². The summed E-state index contributed by atoms with van der Waals surface area (Å²) in [4.78, 5) is 8.95. The van der Waals surface area contributed by atoms with Crippen LogP contribution >= 0.6 is 0 Å². The first-order valence-corrected chi connectivity index (χ1v) is 10.4. The van der Waals surface area contributed by atoms with E-state index in [0.717, 1.165) is 31.4 Å².